The zero-order valence-electron chi connectivity index (χ0n) is 11.7. The molecule has 0 unspecified atom stereocenters. The minimum absolute atomic E-state index is 0.145. The number of ether oxygens (including phenoxy) is 1. The molecule has 0 N–H and O–H groups in total. The van der Waals surface area contributed by atoms with E-state index in [0.29, 0.717) is 21.6 Å². The van der Waals surface area contributed by atoms with Crippen molar-refractivity contribution < 1.29 is 19.1 Å². The third kappa shape index (κ3) is 3.05. The summed E-state index contributed by atoms with van der Waals surface area (Å²) >= 11 is 5.86. The number of carbonyl (C=O) groups excluding carboxylic acids is 1. The maximum absolute atomic E-state index is 12.6. The summed E-state index contributed by atoms with van der Waals surface area (Å²) in [5.74, 6) is -1.46. The normalized spacial score (nSPS) is 10.7. The molecular formula is C17H10ClO5-. The molecule has 3 aromatic rings. The number of fused-ring (bicyclic) bond motifs is 1. The van der Waals surface area contributed by atoms with Gasteiger partial charge in [0.1, 0.15) is 12.2 Å². The van der Waals surface area contributed by atoms with Crippen LogP contribution in [0.15, 0.2) is 57.7 Å². The molecule has 0 aliphatic heterocycles. The van der Waals surface area contributed by atoms with Crippen LogP contribution in [0.25, 0.3) is 22.3 Å². The lowest BCUT2D eigenvalue weighted by molar-refractivity contribution is -0.307. The van der Waals surface area contributed by atoms with E-state index < -0.39 is 18.0 Å². The van der Waals surface area contributed by atoms with E-state index in [4.69, 9.17) is 20.8 Å². The van der Waals surface area contributed by atoms with Gasteiger partial charge in [-0.2, -0.15) is 0 Å². The molecule has 0 aliphatic carbocycles. The molecule has 6 heteroatoms. The molecule has 0 radical (unpaired) electrons. The minimum Gasteiger partial charge on any atom is -0.546 e. The van der Waals surface area contributed by atoms with Crippen molar-refractivity contribution >= 4 is 28.5 Å². The molecule has 0 bridgehead atoms. The molecule has 1 heterocycles. The van der Waals surface area contributed by atoms with Crippen molar-refractivity contribution in [3.05, 3.63) is 63.8 Å². The smallest absolute Gasteiger partial charge is 0.235 e. The average molecular weight is 330 g/mol. The summed E-state index contributed by atoms with van der Waals surface area (Å²) in [6.07, 6.45) is 0. The predicted molar refractivity (Wildman–Crippen MR) is 83.4 cm³/mol. The summed E-state index contributed by atoms with van der Waals surface area (Å²) in [6.45, 7) is -0.746. The molecule has 2 aromatic carbocycles. The van der Waals surface area contributed by atoms with Crippen molar-refractivity contribution in [3.63, 3.8) is 0 Å². The highest BCUT2D eigenvalue weighted by molar-refractivity contribution is 6.30. The second kappa shape index (κ2) is 6.14. The number of carbonyl (C=O) groups is 1. The van der Waals surface area contributed by atoms with Gasteiger partial charge in [-0.15, -0.1) is 0 Å². The predicted octanol–water partition coefficient (Wildman–Crippen LogP) is 2.24. The van der Waals surface area contributed by atoms with Crippen LogP contribution in [0, 0.1) is 0 Å². The Bertz CT molecular complexity index is 928. The van der Waals surface area contributed by atoms with E-state index >= 15 is 0 Å². The van der Waals surface area contributed by atoms with Crippen molar-refractivity contribution in [2.45, 2.75) is 0 Å². The average Bonchev–Trinajstić information content (AvgIpc) is 2.54. The molecular weight excluding hydrogens is 320 g/mol. The third-order valence-electron chi connectivity index (χ3n) is 3.20. The Balaban J connectivity index is 2.24. The number of aliphatic carboxylic acids is 1. The van der Waals surface area contributed by atoms with E-state index in [-0.39, 0.29) is 11.5 Å². The Morgan fingerprint density at radius 1 is 1.13 bits per heavy atom. The Morgan fingerprint density at radius 3 is 2.52 bits per heavy atom. The monoisotopic (exact) mass is 329 g/mol. The van der Waals surface area contributed by atoms with Crippen LogP contribution in [0.2, 0.25) is 5.02 Å². The highest BCUT2D eigenvalue weighted by Gasteiger charge is 2.17. The summed E-state index contributed by atoms with van der Waals surface area (Å²) < 4.78 is 10.9. The van der Waals surface area contributed by atoms with Gasteiger partial charge in [0, 0.05) is 10.6 Å². The number of rotatable bonds is 4. The quantitative estimate of drug-likeness (QED) is 0.733. The zero-order chi connectivity index (χ0) is 16.4. The number of hydrogen-bond donors (Lipinski definition) is 0. The second-order valence-corrected chi connectivity index (χ2v) is 5.19. The number of carboxylic acid groups (broad SMARTS) is 1. The Labute approximate surface area is 135 Å². The minimum atomic E-state index is -1.43. The van der Waals surface area contributed by atoms with E-state index in [1.165, 1.54) is 0 Å². The van der Waals surface area contributed by atoms with Crippen LogP contribution in [0.3, 0.4) is 0 Å². The molecule has 0 saturated heterocycles. The van der Waals surface area contributed by atoms with Crippen molar-refractivity contribution in [3.8, 4) is 17.1 Å². The fraction of sp³-hybridized carbons (Fsp3) is 0.0588. The molecule has 0 fully saturated rings. The van der Waals surface area contributed by atoms with Gasteiger partial charge in [-0.1, -0.05) is 23.7 Å². The molecule has 23 heavy (non-hydrogen) atoms. The van der Waals surface area contributed by atoms with Gasteiger partial charge < -0.3 is 19.1 Å². The van der Waals surface area contributed by atoms with Gasteiger partial charge in [-0.05, 0) is 36.4 Å². The molecule has 116 valence electrons. The summed E-state index contributed by atoms with van der Waals surface area (Å²) in [6, 6.07) is 13.2. The lowest BCUT2D eigenvalue weighted by atomic mass is 10.1. The molecule has 0 atom stereocenters. The van der Waals surface area contributed by atoms with Crippen molar-refractivity contribution in [2.24, 2.45) is 0 Å². The van der Waals surface area contributed by atoms with Gasteiger partial charge in [-0.25, -0.2) is 0 Å². The fourth-order valence-electron chi connectivity index (χ4n) is 2.18. The molecule has 0 saturated carbocycles. The first kappa shape index (κ1) is 15.1. The summed E-state index contributed by atoms with van der Waals surface area (Å²) in [5.41, 5.74) is 0.479. The van der Waals surface area contributed by atoms with Gasteiger partial charge in [-0.3, -0.25) is 4.79 Å². The van der Waals surface area contributed by atoms with Crippen LogP contribution in [-0.4, -0.2) is 12.6 Å². The van der Waals surface area contributed by atoms with E-state index in [1.54, 1.807) is 48.5 Å². The van der Waals surface area contributed by atoms with Crippen molar-refractivity contribution in [1.29, 1.82) is 0 Å². The van der Waals surface area contributed by atoms with Crippen LogP contribution >= 0.6 is 11.6 Å². The van der Waals surface area contributed by atoms with Gasteiger partial charge >= 0.3 is 0 Å². The van der Waals surface area contributed by atoms with Crippen molar-refractivity contribution in [2.75, 3.05) is 6.61 Å². The first-order chi connectivity index (χ1) is 11.1. The maximum atomic E-state index is 12.6. The molecule has 0 spiro atoms. The highest BCUT2D eigenvalue weighted by Crippen LogP contribution is 2.31. The lowest BCUT2D eigenvalue weighted by Gasteiger charge is -2.12. The molecule has 3 rings (SSSR count). The standard InChI is InChI=1S/C17H11ClO5/c18-11-7-5-10(6-8-11)16-17(22-9-14(19)20)15(21)12-3-1-2-4-13(12)23-16/h1-8H,9H2,(H,19,20)/p-1. The first-order valence-electron chi connectivity index (χ1n) is 6.70. The van der Waals surface area contributed by atoms with Crippen LogP contribution in [0.5, 0.6) is 5.75 Å². The second-order valence-electron chi connectivity index (χ2n) is 4.75. The number of para-hydroxylation sites is 1. The Morgan fingerprint density at radius 2 is 1.83 bits per heavy atom. The van der Waals surface area contributed by atoms with E-state index in [2.05, 4.69) is 0 Å². The number of benzene rings is 2. The van der Waals surface area contributed by atoms with Gasteiger partial charge in [0.05, 0.1) is 11.4 Å². The van der Waals surface area contributed by atoms with Gasteiger partial charge in [0.15, 0.2) is 5.76 Å². The van der Waals surface area contributed by atoms with Crippen LogP contribution in [0.1, 0.15) is 0 Å². The molecule has 0 aliphatic rings. The number of hydrogen-bond acceptors (Lipinski definition) is 5. The van der Waals surface area contributed by atoms with Gasteiger partial charge in [0.2, 0.25) is 11.2 Å². The molecule has 5 nitrogen and oxygen atoms in total. The highest BCUT2D eigenvalue weighted by atomic mass is 35.5. The van der Waals surface area contributed by atoms with E-state index in [9.17, 15) is 14.7 Å². The van der Waals surface area contributed by atoms with Crippen LogP contribution in [0.4, 0.5) is 0 Å². The maximum Gasteiger partial charge on any atom is 0.235 e. The Hall–Kier alpha value is -2.79. The molecule has 0 amide bonds. The summed E-state index contributed by atoms with van der Waals surface area (Å²) in [4.78, 5) is 23.2. The largest absolute Gasteiger partial charge is 0.546 e. The zero-order valence-corrected chi connectivity index (χ0v) is 12.5. The van der Waals surface area contributed by atoms with Crippen molar-refractivity contribution in [1.82, 2.24) is 0 Å². The number of halogens is 1. The van der Waals surface area contributed by atoms with Crippen LogP contribution in [-0.2, 0) is 4.79 Å². The Kier molecular flexibility index (Phi) is 4.04. The summed E-state index contributed by atoms with van der Waals surface area (Å²) in [5, 5.41) is 11.5. The van der Waals surface area contributed by atoms with Crippen LogP contribution < -0.4 is 15.3 Å². The molecule has 1 aromatic heterocycles. The first-order valence-corrected chi connectivity index (χ1v) is 7.08. The summed E-state index contributed by atoms with van der Waals surface area (Å²) in [7, 11) is 0. The lowest BCUT2D eigenvalue weighted by Crippen LogP contribution is -2.30. The SMILES string of the molecule is O=C([O-])COc1c(-c2ccc(Cl)cc2)oc2ccccc2c1=O. The topological polar surface area (TPSA) is 79.6 Å². The number of carboxylic acids is 1. The van der Waals surface area contributed by atoms with E-state index in [0.717, 1.165) is 0 Å². The fourth-order valence-corrected chi connectivity index (χ4v) is 2.30. The van der Waals surface area contributed by atoms with E-state index in [1.807, 2.05) is 0 Å². The third-order valence-corrected chi connectivity index (χ3v) is 3.45. The van der Waals surface area contributed by atoms with Gasteiger partial charge in [0.25, 0.3) is 0 Å².